The molecule has 0 atom stereocenters. The second-order valence-electron chi connectivity index (χ2n) is 3.04. The van der Waals surface area contributed by atoms with Crippen molar-refractivity contribution in [2.24, 2.45) is 0 Å². The van der Waals surface area contributed by atoms with Crippen molar-refractivity contribution in [3.8, 4) is 16.3 Å². The van der Waals surface area contributed by atoms with E-state index in [4.69, 9.17) is 16.3 Å². The molecule has 0 aliphatic carbocycles. The van der Waals surface area contributed by atoms with Gasteiger partial charge in [-0.1, -0.05) is 30.3 Å². The van der Waals surface area contributed by atoms with Gasteiger partial charge in [-0.05, 0) is 11.6 Å². The Kier molecular flexibility index (Phi) is 3.22. The van der Waals surface area contributed by atoms with Gasteiger partial charge in [-0.15, -0.1) is 0 Å². The molecule has 1 aromatic heterocycles. The Bertz CT molecular complexity index is 510. The monoisotopic (exact) mass is 253 g/mol. The van der Waals surface area contributed by atoms with Crippen molar-refractivity contribution in [2.45, 2.75) is 0 Å². The minimum Gasteiger partial charge on any atom is -0.486 e. The Morgan fingerprint density at radius 3 is 2.62 bits per heavy atom. The largest absolute Gasteiger partial charge is 0.486 e. The molecule has 0 aliphatic heterocycles. The molecule has 5 heteroatoms. The summed E-state index contributed by atoms with van der Waals surface area (Å²) in [5, 5.41) is -0.108. The lowest BCUT2D eigenvalue weighted by Crippen LogP contribution is -1.94. The van der Waals surface area contributed by atoms with Crippen LogP contribution in [0.25, 0.3) is 11.3 Å². The average Bonchev–Trinajstić information content (AvgIpc) is 2.73. The smallest absolute Gasteiger partial charge is 0.259 e. The zero-order valence-corrected chi connectivity index (χ0v) is 10.0. The van der Waals surface area contributed by atoms with Crippen LogP contribution in [0.5, 0.6) is 5.06 Å². The molecule has 1 aromatic carbocycles. The SMILES string of the molecule is COc1snc(-c2ccccc2)c1C(=O)Cl. The quantitative estimate of drug-likeness (QED) is 0.789. The number of methoxy groups -OCH3 is 1. The molecule has 1 heterocycles. The zero-order chi connectivity index (χ0) is 11.5. The molecule has 2 aromatic rings. The van der Waals surface area contributed by atoms with Gasteiger partial charge in [0.2, 0.25) is 5.06 Å². The minimum absolute atomic E-state index is 0.334. The van der Waals surface area contributed by atoms with Crippen molar-refractivity contribution in [3.63, 3.8) is 0 Å². The van der Waals surface area contributed by atoms with Gasteiger partial charge in [-0.2, -0.15) is 4.37 Å². The fourth-order valence-electron chi connectivity index (χ4n) is 1.38. The van der Waals surface area contributed by atoms with Crippen LogP contribution >= 0.6 is 23.1 Å². The van der Waals surface area contributed by atoms with Gasteiger partial charge in [0, 0.05) is 17.1 Å². The summed E-state index contributed by atoms with van der Waals surface area (Å²) in [6.45, 7) is 0. The number of benzene rings is 1. The van der Waals surface area contributed by atoms with Crippen molar-refractivity contribution in [3.05, 3.63) is 35.9 Å². The number of halogens is 1. The standard InChI is InChI=1S/C11H8ClNO2S/c1-15-11-8(10(12)14)9(13-16-11)7-5-3-2-4-6-7/h2-6H,1H3. The number of nitrogens with zero attached hydrogens (tertiary/aromatic N) is 1. The minimum atomic E-state index is -0.551. The van der Waals surface area contributed by atoms with Gasteiger partial charge in [-0.3, -0.25) is 4.79 Å². The van der Waals surface area contributed by atoms with Crippen LogP contribution in [0.1, 0.15) is 10.4 Å². The van der Waals surface area contributed by atoms with E-state index in [1.54, 1.807) is 0 Å². The van der Waals surface area contributed by atoms with Gasteiger partial charge in [0.1, 0.15) is 11.3 Å². The van der Waals surface area contributed by atoms with Gasteiger partial charge >= 0.3 is 0 Å². The van der Waals surface area contributed by atoms with E-state index in [0.717, 1.165) is 17.1 Å². The number of carbonyl (C=O) groups excluding carboxylic acids is 1. The van der Waals surface area contributed by atoms with Crippen molar-refractivity contribution >= 4 is 28.4 Å². The zero-order valence-electron chi connectivity index (χ0n) is 8.44. The Balaban J connectivity index is 2.58. The van der Waals surface area contributed by atoms with Crippen molar-refractivity contribution in [1.29, 1.82) is 0 Å². The molecule has 0 radical (unpaired) electrons. The molecule has 0 spiro atoms. The lowest BCUT2D eigenvalue weighted by atomic mass is 10.1. The maximum Gasteiger partial charge on any atom is 0.259 e. The lowest BCUT2D eigenvalue weighted by molar-refractivity contribution is 0.108. The maximum absolute atomic E-state index is 11.3. The molecule has 0 bridgehead atoms. The molecule has 2 rings (SSSR count). The molecular formula is C11H8ClNO2S. The average molecular weight is 254 g/mol. The van der Waals surface area contributed by atoms with Crippen LogP contribution in [0.3, 0.4) is 0 Å². The van der Waals surface area contributed by atoms with Crippen LogP contribution < -0.4 is 4.74 Å². The molecule has 82 valence electrons. The van der Waals surface area contributed by atoms with Crippen LogP contribution in [0.4, 0.5) is 0 Å². The van der Waals surface area contributed by atoms with Crippen LogP contribution in [0.2, 0.25) is 0 Å². The summed E-state index contributed by atoms with van der Waals surface area (Å²) in [4.78, 5) is 11.3. The summed E-state index contributed by atoms with van der Waals surface area (Å²) in [7, 11) is 1.49. The molecule has 0 aliphatic rings. The molecule has 3 nitrogen and oxygen atoms in total. The molecule has 0 unspecified atom stereocenters. The Hall–Kier alpha value is -1.39. The number of hydrogen-bond donors (Lipinski definition) is 0. The highest BCUT2D eigenvalue weighted by Crippen LogP contribution is 2.34. The number of ether oxygens (including phenoxy) is 1. The third-order valence-electron chi connectivity index (χ3n) is 2.09. The van der Waals surface area contributed by atoms with E-state index in [0.29, 0.717) is 16.3 Å². The summed E-state index contributed by atoms with van der Waals surface area (Å²) >= 11 is 6.65. The Labute approximate surface area is 102 Å². The van der Waals surface area contributed by atoms with E-state index in [-0.39, 0.29) is 0 Å². The van der Waals surface area contributed by atoms with Gasteiger partial charge in [0.15, 0.2) is 0 Å². The molecular weight excluding hydrogens is 246 g/mol. The fourth-order valence-corrected chi connectivity index (χ4v) is 2.34. The number of hydrogen-bond acceptors (Lipinski definition) is 4. The lowest BCUT2D eigenvalue weighted by Gasteiger charge is -2.00. The van der Waals surface area contributed by atoms with Gasteiger partial charge in [0.25, 0.3) is 5.24 Å². The van der Waals surface area contributed by atoms with Crippen molar-refractivity contribution in [2.75, 3.05) is 7.11 Å². The highest BCUT2D eigenvalue weighted by molar-refractivity contribution is 7.08. The Morgan fingerprint density at radius 2 is 2.06 bits per heavy atom. The molecule has 0 saturated carbocycles. The van der Waals surface area contributed by atoms with E-state index in [9.17, 15) is 4.79 Å². The van der Waals surface area contributed by atoms with E-state index < -0.39 is 5.24 Å². The first kappa shape index (κ1) is 11.1. The highest BCUT2D eigenvalue weighted by Gasteiger charge is 2.20. The van der Waals surface area contributed by atoms with Crippen LogP contribution in [-0.2, 0) is 0 Å². The highest BCUT2D eigenvalue weighted by atomic mass is 35.5. The summed E-state index contributed by atoms with van der Waals surface area (Å²) in [6, 6.07) is 9.40. The normalized spacial score (nSPS) is 10.1. The number of aromatic nitrogens is 1. The van der Waals surface area contributed by atoms with E-state index in [1.165, 1.54) is 7.11 Å². The summed E-state index contributed by atoms with van der Waals surface area (Å²) in [5.41, 5.74) is 1.76. The first-order valence-electron chi connectivity index (χ1n) is 4.53. The molecule has 0 N–H and O–H groups in total. The summed E-state index contributed by atoms with van der Waals surface area (Å²) in [6.07, 6.45) is 0. The van der Waals surface area contributed by atoms with Gasteiger partial charge < -0.3 is 4.74 Å². The predicted molar refractivity (Wildman–Crippen MR) is 64.3 cm³/mol. The van der Waals surface area contributed by atoms with Crippen LogP contribution in [0, 0.1) is 0 Å². The second-order valence-corrected chi connectivity index (χ2v) is 4.12. The van der Waals surface area contributed by atoms with E-state index >= 15 is 0 Å². The topological polar surface area (TPSA) is 39.2 Å². The van der Waals surface area contributed by atoms with Crippen molar-refractivity contribution in [1.82, 2.24) is 4.37 Å². The number of rotatable bonds is 3. The van der Waals surface area contributed by atoms with Gasteiger partial charge in [0.05, 0.1) is 7.11 Å². The molecule has 0 amide bonds. The molecule has 16 heavy (non-hydrogen) atoms. The summed E-state index contributed by atoms with van der Waals surface area (Å²) in [5.74, 6) is 0. The summed E-state index contributed by atoms with van der Waals surface area (Å²) < 4.78 is 9.25. The van der Waals surface area contributed by atoms with E-state index in [2.05, 4.69) is 4.37 Å². The van der Waals surface area contributed by atoms with Gasteiger partial charge in [-0.25, -0.2) is 0 Å². The Morgan fingerprint density at radius 1 is 1.38 bits per heavy atom. The third-order valence-corrected chi connectivity index (χ3v) is 3.09. The van der Waals surface area contributed by atoms with E-state index in [1.807, 2.05) is 30.3 Å². The van der Waals surface area contributed by atoms with Crippen LogP contribution in [0.15, 0.2) is 30.3 Å². The van der Waals surface area contributed by atoms with Crippen LogP contribution in [-0.4, -0.2) is 16.7 Å². The third kappa shape index (κ3) is 1.94. The molecule has 0 saturated heterocycles. The fraction of sp³-hybridized carbons (Fsp3) is 0.0909. The number of carbonyl (C=O) groups is 1. The predicted octanol–water partition coefficient (Wildman–Crippen LogP) is 3.20. The maximum atomic E-state index is 11.3. The first-order valence-corrected chi connectivity index (χ1v) is 5.68. The molecule has 0 fully saturated rings. The first-order chi connectivity index (χ1) is 7.74. The second kappa shape index (κ2) is 4.63. The van der Waals surface area contributed by atoms with Crippen molar-refractivity contribution < 1.29 is 9.53 Å².